The van der Waals surface area contributed by atoms with Crippen LogP contribution < -0.4 is 0 Å². The SMILES string of the molecule is CC1=CC[C@@]2(C)CC[C@H](C(C)C)[C@]2(O)CC1. The fourth-order valence-corrected chi connectivity index (χ4v) is 3.92. The minimum absolute atomic E-state index is 0.125. The molecule has 1 heteroatoms. The summed E-state index contributed by atoms with van der Waals surface area (Å²) in [4.78, 5) is 0. The maximum atomic E-state index is 11.2. The summed E-state index contributed by atoms with van der Waals surface area (Å²) in [7, 11) is 0. The van der Waals surface area contributed by atoms with E-state index in [4.69, 9.17) is 0 Å². The predicted octanol–water partition coefficient (Wildman–Crippen LogP) is 3.92. The summed E-state index contributed by atoms with van der Waals surface area (Å²) < 4.78 is 0. The van der Waals surface area contributed by atoms with Gasteiger partial charge >= 0.3 is 0 Å². The van der Waals surface area contributed by atoms with Crippen LogP contribution in [0.2, 0.25) is 0 Å². The third-order valence-electron chi connectivity index (χ3n) is 5.27. The van der Waals surface area contributed by atoms with Crippen molar-refractivity contribution in [2.24, 2.45) is 17.3 Å². The Morgan fingerprint density at radius 3 is 2.69 bits per heavy atom. The molecule has 0 spiro atoms. The molecule has 0 aromatic heterocycles. The van der Waals surface area contributed by atoms with Crippen LogP contribution in [0.15, 0.2) is 11.6 Å². The van der Waals surface area contributed by atoms with E-state index in [0.29, 0.717) is 11.8 Å². The smallest absolute Gasteiger partial charge is 0.0737 e. The Balaban J connectivity index is 2.32. The lowest BCUT2D eigenvalue weighted by Crippen LogP contribution is -2.47. The van der Waals surface area contributed by atoms with Crippen molar-refractivity contribution in [3.05, 3.63) is 11.6 Å². The molecule has 0 aromatic rings. The summed E-state index contributed by atoms with van der Waals surface area (Å²) in [6, 6.07) is 0. The van der Waals surface area contributed by atoms with Crippen molar-refractivity contribution in [1.29, 1.82) is 0 Å². The number of aliphatic hydroxyl groups is 1. The lowest BCUT2D eigenvalue weighted by Gasteiger charge is -2.43. The molecule has 0 saturated heterocycles. The molecule has 0 heterocycles. The van der Waals surface area contributed by atoms with E-state index in [1.807, 2.05) is 0 Å². The van der Waals surface area contributed by atoms with Gasteiger partial charge in [-0.05, 0) is 50.9 Å². The molecule has 1 nitrogen and oxygen atoms in total. The number of allylic oxidation sites excluding steroid dienone is 2. The molecule has 0 bridgehead atoms. The third kappa shape index (κ3) is 1.64. The standard InChI is InChI=1S/C15H26O/c1-11(2)13-7-9-14(4)8-5-12(3)6-10-15(13,14)16/h5,11,13,16H,6-10H2,1-4H3/t13-,14+,15-/m1/s1. The molecule has 2 rings (SSSR count). The average Bonchev–Trinajstić information content (AvgIpc) is 2.41. The summed E-state index contributed by atoms with van der Waals surface area (Å²) in [5.41, 5.74) is 1.17. The Labute approximate surface area is 99.9 Å². The zero-order chi connectivity index (χ0) is 12.0. The van der Waals surface area contributed by atoms with Crippen LogP contribution >= 0.6 is 0 Å². The first-order valence-electron chi connectivity index (χ1n) is 6.77. The summed E-state index contributed by atoms with van der Waals surface area (Å²) in [6.07, 6.45) is 7.87. The highest BCUT2D eigenvalue weighted by molar-refractivity contribution is 5.15. The van der Waals surface area contributed by atoms with Crippen LogP contribution in [0.25, 0.3) is 0 Å². The van der Waals surface area contributed by atoms with E-state index < -0.39 is 5.60 Å². The van der Waals surface area contributed by atoms with Gasteiger partial charge < -0.3 is 5.11 Å². The van der Waals surface area contributed by atoms with Gasteiger partial charge in [0.1, 0.15) is 0 Å². The predicted molar refractivity (Wildman–Crippen MR) is 68.2 cm³/mol. The van der Waals surface area contributed by atoms with Gasteiger partial charge in [0.2, 0.25) is 0 Å². The van der Waals surface area contributed by atoms with Crippen LogP contribution in [-0.2, 0) is 0 Å². The summed E-state index contributed by atoms with van der Waals surface area (Å²) >= 11 is 0. The van der Waals surface area contributed by atoms with Gasteiger partial charge in [0.25, 0.3) is 0 Å². The first kappa shape index (κ1) is 12.2. The molecule has 16 heavy (non-hydrogen) atoms. The van der Waals surface area contributed by atoms with Crippen LogP contribution in [0.4, 0.5) is 0 Å². The van der Waals surface area contributed by atoms with Crippen molar-refractivity contribution in [1.82, 2.24) is 0 Å². The van der Waals surface area contributed by atoms with E-state index >= 15 is 0 Å². The molecule has 1 saturated carbocycles. The van der Waals surface area contributed by atoms with Crippen molar-refractivity contribution in [3.63, 3.8) is 0 Å². The minimum atomic E-state index is -0.421. The van der Waals surface area contributed by atoms with E-state index in [1.165, 1.54) is 18.4 Å². The number of hydrogen-bond acceptors (Lipinski definition) is 1. The Bertz CT molecular complexity index is 305. The largest absolute Gasteiger partial charge is 0.389 e. The van der Waals surface area contributed by atoms with Crippen molar-refractivity contribution < 1.29 is 5.11 Å². The minimum Gasteiger partial charge on any atom is -0.389 e. The van der Waals surface area contributed by atoms with Crippen LogP contribution in [0.1, 0.15) is 59.8 Å². The van der Waals surface area contributed by atoms with Crippen LogP contribution in [0.5, 0.6) is 0 Å². The van der Waals surface area contributed by atoms with Gasteiger partial charge in [-0.15, -0.1) is 0 Å². The molecule has 0 amide bonds. The second-order valence-electron chi connectivity index (χ2n) is 6.63. The highest BCUT2D eigenvalue weighted by atomic mass is 16.3. The van der Waals surface area contributed by atoms with Gasteiger partial charge in [-0.2, -0.15) is 0 Å². The molecule has 0 unspecified atom stereocenters. The van der Waals surface area contributed by atoms with Gasteiger partial charge in [0.15, 0.2) is 0 Å². The molecule has 1 fully saturated rings. The van der Waals surface area contributed by atoms with E-state index in [2.05, 4.69) is 33.8 Å². The monoisotopic (exact) mass is 222 g/mol. The van der Waals surface area contributed by atoms with Crippen LogP contribution in [0, 0.1) is 17.3 Å². The Kier molecular flexibility index (Phi) is 2.94. The van der Waals surface area contributed by atoms with Crippen LogP contribution in [0.3, 0.4) is 0 Å². The summed E-state index contributed by atoms with van der Waals surface area (Å²) in [6.45, 7) is 9.03. The van der Waals surface area contributed by atoms with Crippen molar-refractivity contribution >= 4 is 0 Å². The van der Waals surface area contributed by atoms with Crippen molar-refractivity contribution in [3.8, 4) is 0 Å². The lowest BCUT2D eigenvalue weighted by molar-refractivity contribution is -0.0975. The zero-order valence-corrected chi connectivity index (χ0v) is 11.2. The van der Waals surface area contributed by atoms with Gasteiger partial charge in [-0.3, -0.25) is 0 Å². The van der Waals surface area contributed by atoms with Gasteiger partial charge in [0, 0.05) is 5.41 Å². The second-order valence-corrected chi connectivity index (χ2v) is 6.63. The topological polar surface area (TPSA) is 20.2 Å². The molecular weight excluding hydrogens is 196 g/mol. The quantitative estimate of drug-likeness (QED) is 0.667. The zero-order valence-electron chi connectivity index (χ0n) is 11.2. The second kappa shape index (κ2) is 3.87. The first-order valence-corrected chi connectivity index (χ1v) is 6.77. The number of hydrogen-bond donors (Lipinski definition) is 1. The molecule has 2 aliphatic rings. The van der Waals surface area contributed by atoms with E-state index in [1.54, 1.807) is 0 Å². The summed E-state index contributed by atoms with van der Waals surface area (Å²) in [5, 5.41) is 11.2. The van der Waals surface area contributed by atoms with Gasteiger partial charge in [-0.1, -0.05) is 32.4 Å². The molecular formula is C15H26O. The molecule has 92 valence electrons. The fraction of sp³-hybridized carbons (Fsp3) is 0.867. The first-order chi connectivity index (χ1) is 7.39. The molecule has 3 atom stereocenters. The number of rotatable bonds is 1. The Morgan fingerprint density at radius 1 is 1.38 bits per heavy atom. The maximum absolute atomic E-state index is 11.2. The molecule has 2 aliphatic carbocycles. The summed E-state index contributed by atoms with van der Waals surface area (Å²) in [5.74, 6) is 1.10. The van der Waals surface area contributed by atoms with Gasteiger partial charge in [-0.25, -0.2) is 0 Å². The molecule has 0 radical (unpaired) electrons. The van der Waals surface area contributed by atoms with Crippen LogP contribution in [-0.4, -0.2) is 10.7 Å². The third-order valence-corrected chi connectivity index (χ3v) is 5.27. The molecule has 1 N–H and O–H groups in total. The number of fused-ring (bicyclic) bond motifs is 1. The average molecular weight is 222 g/mol. The highest BCUT2D eigenvalue weighted by Crippen LogP contribution is 2.57. The van der Waals surface area contributed by atoms with E-state index in [0.717, 1.165) is 19.3 Å². The fourth-order valence-electron chi connectivity index (χ4n) is 3.92. The normalized spacial score (nSPS) is 44.1. The Hall–Kier alpha value is -0.300. The van der Waals surface area contributed by atoms with Crippen molar-refractivity contribution in [2.75, 3.05) is 0 Å². The molecule has 0 aliphatic heterocycles. The molecule has 0 aromatic carbocycles. The van der Waals surface area contributed by atoms with Crippen molar-refractivity contribution in [2.45, 2.75) is 65.4 Å². The maximum Gasteiger partial charge on any atom is 0.0737 e. The van der Waals surface area contributed by atoms with E-state index in [9.17, 15) is 5.11 Å². The Morgan fingerprint density at radius 2 is 2.06 bits per heavy atom. The lowest BCUT2D eigenvalue weighted by atomic mass is 9.67. The highest BCUT2D eigenvalue weighted by Gasteiger charge is 2.56. The van der Waals surface area contributed by atoms with Gasteiger partial charge in [0.05, 0.1) is 5.60 Å². The van der Waals surface area contributed by atoms with E-state index in [-0.39, 0.29) is 5.41 Å².